The van der Waals surface area contributed by atoms with Crippen LogP contribution in [0, 0.1) is 13.8 Å². The number of hydrogen-bond donors (Lipinski definition) is 2. The van der Waals surface area contributed by atoms with Crippen LogP contribution < -0.4 is 10.6 Å². The number of guanidine groups is 1. The van der Waals surface area contributed by atoms with Crippen molar-refractivity contribution in [3.05, 3.63) is 17.0 Å². The average molecular weight is 292 g/mol. The first-order valence-electron chi connectivity index (χ1n) is 8.01. The minimum atomic E-state index is 0.348. The minimum Gasteiger partial charge on any atom is -0.361 e. The van der Waals surface area contributed by atoms with E-state index in [4.69, 9.17) is 4.52 Å². The van der Waals surface area contributed by atoms with Gasteiger partial charge in [-0.2, -0.15) is 0 Å². The summed E-state index contributed by atoms with van der Waals surface area (Å²) in [4.78, 5) is 4.34. The van der Waals surface area contributed by atoms with Gasteiger partial charge in [0.2, 0.25) is 0 Å². The second-order valence-corrected chi connectivity index (χ2v) is 6.07. The second-order valence-electron chi connectivity index (χ2n) is 6.07. The molecule has 2 N–H and O–H groups in total. The number of aliphatic imine (C=N–C) groups is 1. The molecule has 21 heavy (non-hydrogen) atoms. The lowest BCUT2D eigenvalue weighted by molar-refractivity contribution is 0.391. The monoisotopic (exact) mass is 292 g/mol. The Labute approximate surface area is 127 Å². The predicted molar refractivity (Wildman–Crippen MR) is 85.8 cm³/mol. The molecule has 1 atom stereocenters. The van der Waals surface area contributed by atoms with Gasteiger partial charge in [-0.1, -0.05) is 31.3 Å². The molecule has 1 fully saturated rings. The van der Waals surface area contributed by atoms with E-state index in [0.717, 1.165) is 24.0 Å². The fourth-order valence-electron chi connectivity index (χ4n) is 3.18. The highest BCUT2D eigenvalue weighted by Crippen LogP contribution is 2.22. The van der Waals surface area contributed by atoms with Crippen molar-refractivity contribution in [3.8, 4) is 0 Å². The molecule has 1 aliphatic carbocycles. The van der Waals surface area contributed by atoms with Crippen molar-refractivity contribution in [2.45, 2.75) is 64.8 Å². The Morgan fingerprint density at radius 2 is 2.05 bits per heavy atom. The molecular formula is C16H28N4O. The fraction of sp³-hybridized carbons (Fsp3) is 0.750. The number of aryl methyl sites for hydroxylation is 2. The number of nitrogens with one attached hydrogen (secondary N) is 2. The molecular weight excluding hydrogens is 264 g/mol. The van der Waals surface area contributed by atoms with Gasteiger partial charge in [-0.3, -0.25) is 4.99 Å². The Morgan fingerprint density at radius 1 is 1.33 bits per heavy atom. The van der Waals surface area contributed by atoms with Crippen molar-refractivity contribution in [2.75, 3.05) is 13.6 Å². The maximum atomic E-state index is 5.25. The van der Waals surface area contributed by atoms with Gasteiger partial charge in [-0.05, 0) is 26.7 Å². The molecule has 1 saturated carbocycles. The smallest absolute Gasteiger partial charge is 0.191 e. The van der Waals surface area contributed by atoms with Crippen LogP contribution >= 0.6 is 0 Å². The van der Waals surface area contributed by atoms with Gasteiger partial charge in [0.25, 0.3) is 0 Å². The number of nitrogens with zero attached hydrogens (tertiary/aromatic N) is 2. The predicted octanol–water partition coefficient (Wildman–Crippen LogP) is 2.89. The number of hydrogen-bond acceptors (Lipinski definition) is 3. The molecule has 1 aromatic rings. The Kier molecular flexibility index (Phi) is 5.65. The van der Waals surface area contributed by atoms with Crippen molar-refractivity contribution >= 4 is 5.96 Å². The molecule has 1 aliphatic rings. The normalized spacial score (nSPS) is 18.6. The van der Waals surface area contributed by atoms with Gasteiger partial charge in [0.15, 0.2) is 5.96 Å². The van der Waals surface area contributed by atoms with Crippen molar-refractivity contribution in [1.82, 2.24) is 15.8 Å². The highest BCUT2D eigenvalue weighted by molar-refractivity contribution is 5.80. The number of aromatic nitrogens is 1. The quantitative estimate of drug-likeness (QED) is 0.661. The SMILES string of the molecule is CN=C(NCC(C)c1c(C)noc1C)NC1CCCCC1. The van der Waals surface area contributed by atoms with E-state index < -0.39 is 0 Å². The van der Waals surface area contributed by atoms with E-state index in [1.165, 1.54) is 37.7 Å². The molecule has 0 spiro atoms. The van der Waals surface area contributed by atoms with Gasteiger partial charge in [0, 0.05) is 31.1 Å². The van der Waals surface area contributed by atoms with Gasteiger partial charge in [-0.25, -0.2) is 0 Å². The van der Waals surface area contributed by atoms with E-state index in [2.05, 4.69) is 27.7 Å². The van der Waals surface area contributed by atoms with Crippen molar-refractivity contribution in [2.24, 2.45) is 4.99 Å². The highest BCUT2D eigenvalue weighted by atomic mass is 16.5. The Bertz CT molecular complexity index is 455. The minimum absolute atomic E-state index is 0.348. The number of rotatable bonds is 4. The first-order valence-corrected chi connectivity index (χ1v) is 8.01. The van der Waals surface area contributed by atoms with E-state index in [9.17, 15) is 0 Å². The largest absolute Gasteiger partial charge is 0.361 e. The molecule has 0 amide bonds. The van der Waals surface area contributed by atoms with Crippen LogP contribution in [0.3, 0.4) is 0 Å². The van der Waals surface area contributed by atoms with Gasteiger partial charge in [-0.15, -0.1) is 0 Å². The van der Waals surface area contributed by atoms with E-state index in [0.29, 0.717) is 12.0 Å². The van der Waals surface area contributed by atoms with Crippen LogP contribution in [0.25, 0.3) is 0 Å². The van der Waals surface area contributed by atoms with Crippen LogP contribution in [-0.2, 0) is 0 Å². The third-order valence-electron chi connectivity index (χ3n) is 4.33. The van der Waals surface area contributed by atoms with Gasteiger partial charge >= 0.3 is 0 Å². The van der Waals surface area contributed by atoms with E-state index >= 15 is 0 Å². The summed E-state index contributed by atoms with van der Waals surface area (Å²) in [5.74, 6) is 2.17. The summed E-state index contributed by atoms with van der Waals surface area (Å²) < 4.78 is 5.25. The standard InChI is InChI=1S/C16H28N4O/c1-11(15-12(2)20-21-13(15)3)10-18-16(17-4)19-14-8-6-5-7-9-14/h11,14H,5-10H2,1-4H3,(H2,17,18,19). The lowest BCUT2D eigenvalue weighted by atomic mass is 9.96. The summed E-state index contributed by atoms with van der Waals surface area (Å²) in [6.45, 7) is 6.99. The molecule has 1 unspecified atom stereocenters. The Balaban J connectivity index is 1.85. The molecule has 0 saturated heterocycles. The van der Waals surface area contributed by atoms with Gasteiger partial charge in [0.1, 0.15) is 5.76 Å². The molecule has 118 valence electrons. The molecule has 1 aromatic heterocycles. The average Bonchev–Trinajstić information content (AvgIpc) is 2.83. The highest BCUT2D eigenvalue weighted by Gasteiger charge is 2.18. The van der Waals surface area contributed by atoms with Crippen LogP contribution in [0.4, 0.5) is 0 Å². The summed E-state index contributed by atoms with van der Waals surface area (Å²) >= 11 is 0. The second kappa shape index (κ2) is 7.48. The summed E-state index contributed by atoms with van der Waals surface area (Å²) in [5, 5.41) is 11.0. The van der Waals surface area contributed by atoms with Crippen LogP contribution in [0.2, 0.25) is 0 Å². The Hall–Kier alpha value is -1.52. The van der Waals surface area contributed by atoms with Crippen LogP contribution in [0.15, 0.2) is 9.52 Å². The van der Waals surface area contributed by atoms with Crippen LogP contribution in [0.5, 0.6) is 0 Å². The molecule has 2 rings (SSSR count). The van der Waals surface area contributed by atoms with Gasteiger partial charge < -0.3 is 15.2 Å². The van der Waals surface area contributed by atoms with Crippen molar-refractivity contribution in [3.63, 3.8) is 0 Å². The first kappa shape index (κ1) is 15.9. The topological polar surface area (TPSA) is 62.5 Å². The first-order chi connectivity index (χ1) is 10.1. The Morgan fingerprint density at radius 3 is 2.62 bits per heavy atom. The molecule has 5 heteroatoms. The maximum Gasteiger partial charge on any atom is 0.191 e. The maximum absolute atomic E-state index is 5.25. The molecule has 5 nitrogen and oxygen atoms in total. The van der Waals surface area contributed by atoms with Gasteiger partial charge in [0.05, 0.1) is 5.69 Å². The van der Waals surface area contributed by atoms with Crippen LogP contribution in [0.1, 0.15) is 62.0 Å². The summed E-state index contributed by atoms with van der Waals surface area (Å²) in [5.41, 5.74) is 2.19. The fourth-order valence-corrected chi connectivity index (χ4v) is 3.18. The summed E-state index contributed by atoms with van der Waals surface area (Å²) in [6.07, 6.45) is 6.52. The third-order valence-corrected chi connectivity index (χ3v) is 4.33. The lowest BCUT2D eigenvalue weighted by Crippen LogP contribution is -2.45. The van der Waals surface area contributed by atoms with E-state index in [1.54, 1.807) is 0 Å². The van der Waals surface area contributed by atoms with E-state index in [1.807, 2.05) is 20.9 Å². The van der Waals surface area contributed by atoms with E-state index in [-0.39, 0.29) is 0 Å². The zero-order chi connectivity index (χ0) is 15.2. The zero-order valence-electron chi connectivity index (χ0n) is 13.7. The molecule has 0 aliphatic heterocycles. The molecule has 0 bridgehead atoms. The van der Waals surface area contributed by atoms with Crippen molar-refractivity contribution in [1.29, 1.82) is 0 Å². The zero-order valence-corrected chi connectivity index (χ0v) is 13.7. The summed E-state index contributed by atoms with van der Waals surface area (Å²) in [6, 6.07) is 0.569. The summed E-state index contributed by atoms with van der Waals surface area (Å²) in [7, 11) is 1.83. The van der Waals surface area contributed by atoms with Crippen molar-refractivity contribution < 1.29 is 4.52 Å². The molecule has 0 radical (unpaired) electrons. The lowest BCUT2D eigenvalue weighted by Gasteiger charge is -2.25. The molecule has 1 heterocycles. The molecule has 0 aromatic carbocycles. The van der Waals surface area contributed by atoms with Crippen LogP contribution in [-0.4, -0.2) is 30.8 Å². The third kappa shape index (κ3) is 4.22.